The van der Waals surface area contributed by atoms with Gasteiger partial charge in [0.25, 0.3) is 0 Å². The molecule has 2 amide bonds. The van der Waals surface area contributed by atoms with E-state index in [9.17, 15) is 4.79 Å². The van der Waals surface area contributed by atoms with Gasteiger partial charge in [0.2, 0.25) is 11.8 Å². The second kappa shape index (κ2) is 5.58. The number of hydrogen-bond acceptors (Lipinski definition) is 6. The van der Waals surface area contributed by atoms with Crippen molar-refractivity contribution in [1.82, 2.24) is 9.97 Å². The van der Waals surface area contributed by atoms with Crippen LogP contribution in [0.5, 0.6) is 11.8 Å². The fourth-order valence-electron chi connectivity index (χ4n) is 1.19. The summed E-state index contributed by atoms with van der Waals surface area (Å²) in [6.45, 7) is 3.86. The molecule has 0 atom stereocenters. The maximum atomic E-state index is 11.1. The van der Waals surface area contributed by atoms with E-state index in [0.717, 1.165) is 4.31 Å². The van der Waals surface area contributed by atoms with Crippen molar-refractivity contribution in [3.05, 3.63) is 5.82 Å². The fraction of sp³-hybridized carbons (Fsp3) is 0.444. The summed E-state index contributed by atoms with van der Waals surface area (Å²) in [6, 6.07) is -0.778. The molecule has 0 saturated heterocycles. The van der Waals surface area contributed by atoms with E-state index >= 15 is 0 Å². The van der Waals surface area contributed by atoms with Crippen molar-refractivity contribution in [2.45, 2.75) is 13.8 Å². The van der Waals surface area contributed by atoms with Crippen molar-refractivity contribution in [2.24, 2.45) is 5.73 Å². The number of carbonyl (C=O) groups excluding carboxylic acids is 1. The van der Waals surface area contributed by atoms with Crippen LogP contribution >= 0.6 is 12.8 Å². The Hall–Kier alpha value is -1.70. The molecular formula is C9H14N4O3S. The highest BCUT2D eigenvalue weighted by Gasteiger charge is 2.23. The largest absolute Gasteiger partial charge is 0.479 e. The summed E-state index contributed by atoms with van der Waals surface area (Å²) in [6.07, 6.45) is 0. The smallest absolute Gasteiger partial charge is 0.329 e. The molecule has 1 aromatic rings. The zero-order valence-electron chi connectivity index (χ0n) is 9.80. The minimum Gasteiger partial charge on any atom is -0.479 e. The van der Waals surface area contributed by atoms with Crippen molar-refractivity contribution in [3.8, 4) is 11.8 Å². The lowest BCUT2D eigenvalue weighted by Gasteiger charge is -2.18. The number of carbonyl (C=O) groups is 1. The lowest BCUT2D eigenvalue weighted by molar-refractivity contribution is 0.256. The minimum absolute atomic E-state index is 0.176. The van der Waals surface area contributed by atoms with E-state index in [1.54, 1.807) is 13.8 Å². The highest BCUT2D eigenvalue weighted by atomic mass is 32.1. The average Bonchev–Trinajstić information content (AvgIpc) is 2.27. The number of rotatable bonds is 4. The Bertz CT molecular complexity index is 427. The van der Waals surface area contributed by atoms with Gasteiger partial charge in [0.05, 0.1) is 13.7 Å². The predicted molar refractivity (Wildman–Crippen MR) is 65.5 cm³/mol. The van der Waals surface area contributed by atoms with E-state index in [0.29, 0.717) is 12.4 Å². The summed E-state index contributed by atoms with van der Waals surface area (Å²) in [5.41, 5.74) is 5.33. The Balaban J connectivity index is 3.35. The summed E-state index contributed by atoms with van der Waals surface area (Å²) in [7, 11) is 1.42. The third-order valence-electron chi connectivity index (χ3n) is 1.83. The number of methoxy groups -OCH3 is 1. The summed E-state index contributed by atoms with van der Waals surface area (Å²) < 4.78 is 11.2. The lowest BCUT2D eigenvalue weighted by atomic mass is 10.4. The molecular weight excluding hydrogens is 244 g/mol. The number of amides is 2. The van der Waals surface area contributed by atoms with Gasteiger partial charge in [0, 0.05) is 0 Å². The average molecular weight is 258 g/mol. The van der Waals surface area contributed by atoms with Crippen LogP contribution in [0.25, 0.3) is 0 Å². The molecule has 0 aliphatic rings. The van der Waals surface area contributed by atoms with Gasteiger partial charge >= 0.3 is 6.03 Å². The molecule has 0 aromatic carbocycles. The molecule has 0 bridgehead atoms. The SMILES string of the molecule is CCOc1nc(C)nc(OC)c1N(S)C(N)=O. The number of primary amides is 1. The number of aromatic nitrogens is 2. The van der Waals surface area contributed by atoms with Gasteiger partial charge in [-0.15, -0.1) is 0 Å². The molecule has 17 heavy (non-hydrogen) atoms. The number of urea groups is 1. The molecule has 0 unspecified atom stereocenters. The van der Waals surface area contributed by atoms with Crippen molar-refractivity contribution in [1.29, 1.82) is 0 Å². The Morgan fingerprint density at radius 3 is 2.53 bits per heavy atom. The highest BCUT2D eigenvalue weighted by Crippen LogP contribution is 2.35. The molecule has 0 saturated carbocycles. The first-order chi connectivity index (χ1) is 8.01. The number of thiol groups is 1. The normalized spacial score (nSPS) is 9.88. The monoisotopic (exact) mass is 258 g/mol. The van der Waals surface area contributed by atoms with Crippen LogP contribution in [0, 0.1) is 6.92 Å². The molecule has 0 fully saturated rings. The molecule has 0 spiro atoms. The van der Waals surface area contributed by atoms with E-state index in [2.05, 4.69) is 22.8 Å². The van der Waals surface area contributed by atoms with Crippen molar-refractivity contribution < 1.29 is 14.3 Å². The summed E-state index contributed by atoms with van der Waals surface area (Å²) >= 11 is 3.95. The molecule has 8 heteroatoms. The van der Waals surface area contributed by atoms with Gasteiger partial charge in [0.15, 0.2) is 5.69 Å². The van der Waals surface area contributed by atoms with Crippen LogP contribution in [0.2, 0.25) is 0 Å². The molecule has 1 rings (SSSR count). The third-order valence-corrected chi connectivity index (χ3v) is 2.22. The zero-order chi connectivity index (χ0) is 13.0. The van der Waals surface area contributed by atoms with Gasteiger partial charge in [-0.2, -0.15) is 9.97 Å². The van der Waals surface area contributed by atoms with Crippen molar-refractivity contribution >= 4 is 24.5 Å². The molecule has 0 radical (unpaired) electrons. The van der Waals surface area contributed by atoms with E-state index in [4.69, 9.17) is 15.2 Å². The Morgan fingerprint density at radius 2 is 2.06 bits per heavy atom. The van der Waals surface area contributed by atoms with Gasteiger partial charge in [-0.1, -0.05) is 12.8 Å². The standard InChI is InChI=1S/C9H14N4O3S/c1-4-16-8-6(13(17)9(10)14)7(15-3)11-5(2)12-8/h17H,4H2,1-3H3,(H2,10,14). The summed E-state index contributed by atoms with van der Waals surface area (Å²) in [4.78, 5) is 19.2. The predicted octanol–water partition coefficient (Wildman–Crippen LogP) is 0.922. The second-order valence-corrected chi connectivity index (χ2v) is 3.42. The number of aryl methyl sites for hydroxylation is 1. The summed E-state index contributed by atoms with van der Waals surface area (Å²) in [5, 5.41) is 0. The first-order valence-electron chi connectivity index (χ1n) is 4.85. The second-order valence-electron chi connectivity index (χ2n) is 3.02. The first-order valence-corrected chi connectivity index (χ1v) is 5.25. The van der Waals surface area contributed by atoms with E-state index in [-0.39, 0.29) is 17.4 Å². The Morgan fingerprint density at radius 1 is 1.47 bits per heavy atom. The topological polar surface area (TPSA) is 90.6 Å². The number of nitrogens with zero attached hydrogens (tertiary/aromatic N) is 3. The van der Waals surface area contributed by atoms with Gasteiger partial charge in [-0.25, -0.2) is 9.10 Å². The number of anilines is 1. The van der Waals surface area contributed by atoms with Gasteiger partial charge in [-0.3, -0.25) is 0 Å². The lowest BCUT2D eigenvalue weighted by Crippen LogP contribution is -2.28. The fourth-order valence-corrected chi connectivity index (χ4v) is 1.36. The van der Waals surface area contributed by atoms with Crippen molar-refractivity contribution in [3.63, 3.8) is 0 Å². The van der Waals surface area contributed by atoms with Crippen LogP contribution in [0.1, 0.15) is 12.7 Å². The van der Waals surface area contributed by atoms with Crippen LogP contribution in [0.3, 0.4) is 0 Å². The molecule has 1 heterocycles. The molecule has 0 aliphatic carbocycles. The van der Waals surface area contributed by atoms with Crippen LogP contribution in [-0.4, -0.2) is 29.7 Å². The van der Waals surface area contributed by atoms with Gasteiger partial charge < -0.3 is 15.2 Å². The van der Waals surface area contributed by atoms with Crippen LogP contribution in [-0.2, 0) is 0 Å². The van der Waals surface area contributed by atoms with Crippen LogP contribution < -0.4 is 19.5 Å². The quantitative estimate of drug-likeness (QED) is 0.784. The highest BCUT2D eigenvalue weighted by molar-refractivity contribution is 7.82. The molecule has 7 nitrogen and oxygen atoms in total. The van der Waals surface area contributed by atoms with Crippen LogP contribution in [0.15, 0.2) is 0 Å². The maximum Gasteiger partial charge on any atom is 0.329 e. The Kier molecular flexibility index (Phi) is 4.38. The van der Waals surface area contributed by atoms with E-state index < -0.39 is 6.03 Å². The van der Waals surface area contributed by atoms with Gasteiger partial charge in [-0.05, 0) is 13.8 Å². The molecule has 1 aromatic heterocycles. The van der Waals surface area contributed by atoms with E-state index in [1.165, 1.54) is 7.11 Å². The number of hydrogen-bond donors (Lipinski definition) is 2. The molecule has 0 aliphatic heterocycles. The first kappa shape index (κ1) is 13.4. The van der Waals surface area contributed by atoms with E-state index in [1.807, 2.05) is 0 Å². The zero-order valence-corrected chi connectivity index (χ0v) is 10.7. The van der Waals surface area contributed by atoms with Crippen LogP contribution in [0.4, 0.5) is 10.5 Å². The van der Waals surface area contributed by atoms with Gasteiger partial charge in [0.1, 0.15) is 5.82 Å². The summed E-state index contributed by atoms with van der Waals surface area (Å²) in [5.74, 6) is 0.834. The number of ether oxygens (including phenoxy) is 2. The minimum atomic E-state index is -0.778. The molecule has 2 N–H and O–H groups in total. The number of nitrogens with two attached hydrogens (primary N) is 1. The van der Waals surface area contributed by atoms with Crippen molar-refractivity contribution in [2.75, 3.05) is 18.0 Å². The Labute approximate surface area is 104 Å². The third kappa shape index (κ3) is 2.90. The molecule has 94 valence electrons. The maximum absolute atomic E-state index is 11.1.